The number of rotatable bonds is 2. The van der Waals surface area contributed by atoms with Gasteiger partial charge in [-0.3, -0.25) is 19.2 Å². The molecule has 5 rings (SSSR count). The van der Waals surface area contributed by atoms with Gasteiger partial charge in [-0.25, -0.2) is 0 Å². The van der Waals surface area contributed by atoms with Crippen LogP contribution in [0.2, 0.25) is 0 Å². The predicted octanol–water partition coefficient (Wildman–Crippen LogP) is 5.38. The lowest BCUT2D eigenvalue weighted by molar-refractivity contribution is -0.245. The molecule has 0 radical (unpaired) electrons. The summed E-state index contributed by atoms with van der Waals surface area (Å²) in [5.74, 6) is -2.45. The minimum atomic E-state index is -1.16. The summed E-state index contributed by atoms with van der Waals surface area (Å²) in [6.45, 7) is 10.6. The number of fused-ring (bicyclic) bond motifs is 7. The summed E-state index contributed by atoms with van der Waals surface area (Å²) in [7, 11) is 0. The number of Topliss-reactive ketones (excluding diaryl/α,β-unsaturated/α-hetero) is 2. The van der Waals surface area contributed by atoms with Crippen molar-refractivity contribution < 1.29 is 29.4 Å². The molecule has 0 spiro atoms. The molecule has 0 saturated heterocycles. The predicted molar refractivity (Wildman–Crippen MR) is 129 cm³/mol. The third-order valence-electron chi connectivity index (χ3n) is 13.2. The maximum Gasteiger partial charge on any atom is 0.310 e. The molecule has 0 amide bonds. The van der Waals surface area contributed by atoms with Crippen LogP contribution in [0.1, 0.15) is 98.8 Å². The van der Waals surface area contributed by atoms with Crippen LogP contribution in [0.25, 0.3) is 0 Å². The standard InChI is InChI=1S/C29H42O6/c1-16-22(31)19(30)14-21-26(3)12-13-27(4)18-15-25(2,23(32)33)9-6-17(18)7-10-28(27,5)20(26)8-11-29(16,21)24(34)35/h16-18,20-21H,6-15H2,1-5H3,(H,32,33)(H,34,35)/t16-,17?,18?,20?,21?,25+,26+,27-,28+,29-/m0/s1. The van der Waals surface area contributed by atoms with Crippen molar-refractivity contribution in [3.63, 3.8) is 0 Å². The zero-order chi connectivity index (χ0) is 25.8. The Balaban J connectivity index is 1.57. The van der Waals surface area contributed by atoms with Gasteiger partial charge < -0.3 is 10.2 Å². The average molecular weight is 487 g/mol. The Morgan fingerprint density at radius 3 is 2.09 bits per heavy atom. The molecule has 0 aromatic heterocycles. The van der Waals surface area contributed by atoms with Crippen molar-refractivity contribution in [1.82, 2.24) is 0 Å². The first-order chi connectivity index (χ1) is 16.2. The molecule has 5 aliphatic rings. The molecule has 5 saturated carbocycles. The highest BCUT2D eigenvalue weighted by atomic mass is 16.4. The maximum atomic E-state index is 12.8. The Morgan fingerprint density at radius 2 is 1.46 bits per heavy atom. The fraction of sp³-hybridized carbons (Fsp3) is 0.862. The lowest BCUT2D eigenvalue weighted by atomic mass is 9.31. The van der Waals surface area contributed by atoms with Crippen LogP contribution in [-0.4, -0.2) is 33.7 Å². The van der Waals surface area contributed by atoms with Crippen LogP contribution in [0.4, 0.5) is 0 Å². The molecule has 194 valence electrons. The van der Waals surface area contributed by atoms with Crippen molar-refractivity contribution in [3.05, 3.63) is 0 Å². The van der Waals surface area contributed by atoms with Gasteiger partial charge in [-0.05, 0) is 105 Å². The summed E-state index contributed by atoms with van der Waals surface area (Å²) < 4.78 is 0. The topological polar surface area (TPSA) is 109 Å². The van der Waals surface area contributed by atoms with E-state index in [9.17, 15) is 29.4 Å². The molecule has 2 N–H and O–H groups in total. The summed E-state index contributed by atoms with van der Waals surface area (Å²) in [6, 6.07) is 0. The first-order valence-corrected chi connectivity index (χ1v) is 13.7. The Morgan fingerprint density at radius 1 is 0.800 bits per heavy atom. The van der Waals surface area contributed by atoms with E-state index in [4.69, 9.17) is 0 Å². The highest BCUT2D eigenvalue weighted by Crippen LogP contribution is 2.76. The molecule has 4 unspecified atom stereocenters. The van der Waals surface area contributed by atoms with Gasteiger partial charge >= 0.3 is 11.9 Å². The number of ketones is 2. The highest BCUT2D eigenvalue weighted by Gasteiger charge is 2.72. The first kappa shape index (κ1) is 25.0. The van der Waals surface area contributed by atoms with Gasteiger partial charge in [0.2, 0.25) is 5.78 Å². The lowest BCUT2D eigenvalue weighted by Crippen LogP contribution is -2.69. The zero-order valence-electron chi connectivity index (χ0n) is 22.0. The molecule has 0 aromatic rings. The van der Waals surface area contributed by atoms with E-state index in [0.717, 1.165) is 51.4 Å². The van der Waals surface area contributed by atoms with Crippen LogP contribution in [0.3, 0.4) is 0 Å². The van der Waals surface area contributed by atoms with Crippen molar-refractivity contribution in [3.8, 4) is 0 Å². The number of aliphatic carboxylic acids is 2. The monoisotopic (exact) mass is 486 g/mol. The second kappa shape index (κ2) is 7.41. The lowest BCUT2D eigenvalue weighted by Gasteiger charge is -2.72. The second-order valence-corrected chi connectivity index (χ2v) is 14.1. The molecule has 5 fully saturated rings. The SMILES string of the molecule is C[C@H]1C(=O)C(=O)CC2[C@]3(C)CC[C@@]4(C)C5C[C@](C)(C(=O)O)CCC5CC[C@]4(C)C3CC[C@@]21C(=O)O. The number of carboxylic acids is 2. The fourth-order valence-corrected chi connectivity index (χ4v) is 10.8. The van der Waals surface area contributed by atoms with E-state index in [0.29, 0.717) is 18.3 Å². The van der Waals surface area contributed by atoms with Gasteiger partial charge in [0.1, 0.15) is 0 Å². The molecule has 10 atom stereocenters. The molecule has 0 aliphatic heterocycles. The second-order valence-electron chi connectivity index (χ2n) is 14.1. The number of carbonyl (C=O) groups excluding carboxylic acids is 2. The van der Waals surface area contributed by atoms with Gasteiger partial charge in [0.25, 0.3) is 0 Å². The number of carboxylic acid groups (broad SMARTS) is 2. The molecule has 5 aliphatic carbocycles. The van der Waals surface area contributed by atoms with Crippen LogP contribution in [0.15, 0.2) is 0 Å². The Labute approximate surface area is 208 Å². The van der Waals surface area contributed by atoms with Crippen LogP contribution >= 0.6 is 0 Å². The Bertz CT molecular complexity index is 1000. The van der Waals surface area contributed by atoms with Crippen molar-refractivity contribution in [1.29, 1.82) is 0 Å². The van der Waals surface area contributed by atoms with Gasteiger partial charge in [-0.15, -0.1) is 0 Å². The van der Waals surface area contributed by atoms with Crippen LogP contribution in [0.5, 0.6) is 0 Å². The van der Waals surface area contributed by atoms with Gasteiger partial charge in [-0.1, -0.05) is 27.7 Å². The zero-order valence-corrected chi connectivity index (χ0v) is 22.0. The van der Waals surface area contributed by atoms with Crippen molar-refractivity contribution >= 4 is 23.5 Å². The molecule has 0 aromatic carbocycles. The van der Waals surface area contributed by atoms with Crippen molar-refractivity contribution in [2.24, 2.45) is 56.7 Å². The third kappa shape index (κ3) is 2.89. The summed E-state index contributed by atoms with van der Waals surface area (Å²) >= 11 is 0. The molecule has 0 bridgehead atoms. The van der Waals surface area contributed by atoms with E-state index >= 15 is 0 Å². The fourth-order valence-electron chi connectivity index (χ4n) is 10.8. The van der Waals surface area contributed by atoms with Gasteiger partial charge in [-0.2, -0.15) is 0 Å². The Hall–Kier alpha value is -1.72. The van der Waals surface area contributed by atoms with E-state index in [1.807, 2.05) is 6.92 Å². The number of carbonyl (C=O) groups is 4. The molecule has 35 heavy (non-hydrogen) atoms. The van der Waals surface area contributed by atoms with Crippen LogP contribution in [-0.2, 0) is 19.2 Å². The number of hydrogen-bond donors (Lipinski definition) is 2. The van der Waals surface area contributed by atoms with Crippen molar-refractivity contribution in [2.75, 3.05) is 0 Å². The third-order valence-corrected chi connectivity index (χ3v) is 13.2. The number of hydrogen-bond acceptors (Lipinski definition) is 4. The molecule has 6 nitrogen and oxygen atoms in total. The van der Waals surface area contributed by atoms with Crippen molar-refractivity contribution in [2.45, 2.75) is 98.8 Å². The minimum Gasteiger partial charge on any atom is -0.481 e. The molecule has 0 heterocycles. The van der Waals surface area contributed by atoms with E-state index in [1.54, 1.807) is 6.92 Å². The van der Waals surface area contributed by atoms with Gasteiger partial charge in [0, 0.05) is 12.3 Å². The summed E-state index contributed by atoms with van der Waals surface area (Å²) in [5, 5.41) is 20.5. The minimum absolute atomic E-state index is 0.0133. The van der Waals surface area contributed by atoms with Crippen LogP contribution in [0, 0.1) is 56.7 Å². The summed E-state index contributed by atoms with van der Waals surface area (Å²) in [4.78, 5) is 50.5. The first-order valence-electron chi connectivity index (χ1n) is 13.7. The van der Waals surface area contributed by atoms with E-state index in [1.165, 1.54) is 0 Å². The van der Waals surface area contributed by atoms with Gasteiger partial charge in [0.15, 0.2) is 5.78 Å². The Kier molecular flexibility index (Phi) is 5.28. The smallest absolute Gasteiger partial charge is 0.310 e. The summed E-state index contributed by atoms with van der Waals surface area (Å²) in [5.41, 5.74) is -2.23. The highest BCUT2D eigenvalue weighted by molar-refractivity contribution is 6.39. The average Bonchev–Trinajstić information content (AvgIpc) is 2.79. The largest absolute Gasteiger partial charge is 0.481 e. The summed E-state index contributed by atoms with van der Waals surface area (Å²) in [6.07, 6.45) is 7.62. The van der Waals surface area contributed by atoms with E-state index in [-0.39, 0.29) is 34.5 Å². The maximum absolute atomic E-state index is 12.8. The van der Waals surface area contributed by atoms with Gasteiger partial charge in [0.05, 0.1) is 10.8 Å². The van der Waals surface area contributed by atoms with E-state index < -0.39 is 40.3 Å². The van der Waals surface area contributed by atoms with E-state index in [2.05, 4.69) is 20.8 Å². The quantitative estimate of drug-likeness (QED) is 0.508. The van der Waals surface area contributed by atoms with Crippen LogP contribution < -0.4 is 0 Å². The molecular formula is C29H42O6. The normalized spacial score (nSPS) is 53.6. The molecule has 6 heteroatoms. The molecular weight excluding hydrogens is 444 g/mol.